The van der Waals surface area contributed by atoms with Crippen LogP contribution in [-0.2, 0) is 10.0 Å². The highest BCUT2D eigenvalue weighted by Gasteiger charge is 2.54. The molecule has 0 bridgehead atoms. The Kier molecular flexibility index (Phi) is 4.13. The van der Waals surface area contributed by atoms with Gasteiger partial charge in [-0.05, 0) is 55.8 Å². The van der Waals surface area contributed by atoms with Gasteiger partial charge in [-0.3, -0.25) is 0 Å². The molecule has 2 aliphatic carbocycles. The van der Waals surface area contributed by atoms with Gasteiger partial charge in [-0.15, -0.1) is 0 Å². The molecule has 2 saturated carbocycles. The molecule has 4 atom stereocenters. The van der Waals surface area contributed by atoms with Gasteiger partial charge in [-0.2, -0.15) is 0 Å². The second-order valence-electron chi connectivity index (χ2n) is 7.12. The Hall–Kier alpha value is -0.130. The SMILES string of the molecule is CS(=O)(=O)N1CCCC(CC(O)C2C3CCCCC32)C1. The summed E-state index contributed by atoms with van der Waals surface area (Å²) in [6.45, 7) is 1.26. The lowest BCUT2D eigenvalue weighted by Crippen LogP contribution is -2.40. The number of fused-ring (bicyclic) bond motifs is 1. The molecule has 1 saturated heterocycles. The standard InChI is InChI=1S/C15H27NO3S/c1-20(18,19)16-8-4-5-11(10-16)9-14(17)15-12-6-2-3-7-13(12)15/h11-15,17H,2-10H2,1H3. The summed E-state index contributed by atoms with van der Waals surface area (Å²) in [6.07, 6.45) is 9.13. The third kappa shape index (κ3) is 3.04. The van der Waals surface area contributed by atoms with Crippen LogP contribution < -0.4 is 0 Å². The van der Waals surface area contributed by atoms with Crippen molar-refractivity contribution in [1.29, 1.82) is 0 Å². The Morgan fingerprint density at radius 2 is 1.80 bits per heavy atom. The number of hydrogen-bond acceptors (Lipinski definition) is 3. The first kappa shape index (κ1) is 14.8. The molecule has 1 heterocycles. The number of aliphatic hydroxyl groups is 1. The van der Waals surface area contributed by atoms with E-state index >= 15 is 0 Å². The predicted octanol–water partition coefficient (Wildman–Crippen LogP) is 1.85. The highest BCUT2D eigenvalue weighted by Crippen LogP contribution is 2.57. The molecule has 0 aromatic rings. The second kappa shape index (κ2) is 5.58. The maximum absolute atomic E-state index is 11.6. The van der Waals surface area contributed by atoms with Crippen LogP contribution in [0.3, 0.4) is 0 Å². The van der Waals surface area contributed by atoms with E-state index in [2.05, 4.69) is 0 Å². The molecule has 4 nitrogen and oxygen atoms in total. The van der Waals surface area contributed by atoms with E-state index in [0.29, 0.717) is 24.9 Å². The molecule has 1 N–H and O–H groups in total. The summed E-state index contributed by atoms with van der Waals surface area (Å²) < 4.78 is 24.9. The first-order valence-electron chi connectivity index (χ1n) is 8.10. The largest absolute Gasteiger partial charge is 0.393 e. The first-order chi connectivity index (χ1) is 9.47. The van der Waals surface area contributed by atoms with Gasteiger partial charge in [0.25, 0.3) is 0 Å². The van der Waals surface area contributed by atoms with Crippen LogP contribution in [0.15, 0.2) is 0 Å². The van der Waals surface area contributed by atoms with Crippen molar-refractivity contribution in [1.82, 2.24) is 4.31 Å². The van der Waals surface area contributed by atoms with Crippen molar-refractivity contribution < 1.29 is 13.5 Å². The number of sulfonamides is 1. The van der Waals surface area contributed by atoms with E-state index in [-0.39, 0.29) is 6.10 Å². The molecule has 0 radical (unpaired) electrons. The van der Waals surface area contributed by atoms with E-state index in [9.17, 15) is 13.5 Å². The van der Waals surface area contributed by atoms with Crippen molar-refractivity contribution in [3.8, 4) is 0 Å². The van der Waals surface area contributed by atoms with E-state index in [0.717, 1.165) is 31.1 Å². The molecule has 116 valence electrons. The van der Waals surface area contributed by atoms with Gasteiger partial charge in [0, 0.05) is 13.1 Å². The lowest BCUT2D eigenvalue weighted by atomic mass is 9.91. The molecule has 20 heavy (non-hydrogen) atoms. The molecule has 5 heteroatoms. The van der Waals surface area contributed by atoms with Crippen LogP contribution >= 0.6 is 0 Å². The summed E-state index contributed by atoms with van der Waals surface area (Å²) in [5, 5.41) is 10.5. The topological polar surface area (TPSA) is 57.6 Å². The van der Waals surface area contributed by atoms with E-state index in [1.165, 1.54) is 31.9 Å². The molecule has 1 aliphatic heterocycles. The van der Waals surface area contributed by atoms with Crippen LogP contribution in [0.1, 0.15) is 44.9 Å². The van der Waals surface area contributed by atoms with Crippen LogP contribution in [0.2, 0.25) is 0 Å². The van der Waals surface area contributed by atoms with Crippen molar-refractivity contribution in [2.75, 3.05) is 19.3 Å². The van der Waals surface area contributed by atoms with Gasteiger partial charge in [0.05, 0.1) is 12.4 Å². The van der Waals surface area contributed by atoms with Gasteiger partial charge < -0.3 is 5.11 Å². The minimum absolute atomic E-state index is 0.201. The zero-order chi connectivity index (χ0) is 14.3. The average Bonchev–Trinajstić information content (AvgIpc) is 3.12. The Morgan fingerprint density at radius 1 is 1.15 bits per heavy atom. The summed E-state index contributed by atoms with van der Waals surface area (Å²) in [5.74, 6) is 2.41. The van der Waals surface area contributed by atoms with Gasteiger partial charge in [0.2, 0.25) is 10.0 Å². The number of nitrogens with zero attached hydrogens (tertiary/aromatic N) is 1. The normalized spacial score (nSPS) is 40.1. The molecule has 0 spiro atoms. The van der Waals surface area contributed by atoms with Crippen molar-refractivity contribution >= 4 is 10.0 Å². The van der Waals surface area contributed by atoms with E-state index < -0.39 is 10.0 Å². The fraction of sp³-hybridized carbons (Fsp3) is 1.00. The molecular formula is C15H27NO3S. The molecule has 3 aliphatic rings. The van der Waals surface area contributed by atoms with Crippen molar-refractivity contribution in [2.45, 2.75) is 51.0 Å². The van der Waals surface area contributed by atoms with Crippen LogP contribution in [0.25, 0.3) is 0 Å². The highest BCUT2D eigenvalue weighted by atomic mass is 32.2. The second-order valence-corrected chi connectivity index (χ2v) is 9.10. The maximum atomic E-state index is 11.6. The Morgan fingerprint density at radius 3 is 2.40 bits per heavy atom. The molecule has 3 rings (SSSR count). The predicted molar refractivity (Wildman–Crippen MR) is 78.7 cm³/mol. The summed E-state index contributed by atoms with van der Waals surface area (Å²) in [5.41, 5.74) is 0. The van der Waals surface area contributed by atoms with E-state index in [4.69, 9.17) is 0 Å². The fourth-order valence-corrected chi connectivity index (χ4v) is 5.58. The Bertz CT molecular complexity index is 438. The van der Waals surface area contributed by atoms with Crippen LogP contribution in [0.5, 0.6) is 0 Å². The van der Waals surface area contributed by atoms with E-state index in [1.54, 1.807) is 4.31 Å². The molecule has 4 unspecified atom stereocenters. The molecule has 3 fully saturated rings. The Balaban J connectivity index is 1.53. The van der Waals surface area contributed by atoms with Crippen molar-refractivity contribution in [2.24, 2.45) is 23.7 Å². The third-order valence-corrected chi connectivity index (χ3v) is 6.96. The van der Waals surface area contributed by atoms with Gasteiger partial charge in [-0.1, -0.05) is 12.8 Å². The number of rotatable bonds is 4. The quantitative estimate of drug-likeness (QED) is 0.862. The molecular weight excluding hydrogens is 274 g/mol. The van der Waals surface area contributed by atoms with Gasteiger partial charge in [0.1, 0.15) is 0 Å². The van der Waals surface area contributed by atoms with Crippen LogP contribution in [-0.4, -0.2) is 43.3 Å². The first-order valence-corrected chi connectivity index (χ1v) is 9.95. The van der Waals surface area contributed by atoms with Crippen molar-refractivity contribution in [3.63, 3.8) is 0 Å². The lowest BCUT2D eigenvalue weighted by molar-refractivity contribution is 0.0954. The summed E-state index contributed by atoms with van der Waals surface area (Å²) in [7, 11) is -3.07. The highest BCUT2D eigenvalue weighted by molar-refractivity contribution is 7.88. The molecule has 0 aromatic carbocycles. The summed E-state index contributed by atoms with van der Waals surface area (Å²) in [4.78, 5) is 0. The van der Waals surface area contributed by atoms with Crippen LogP contribution in [0.4, 0.5) is 0 Å². The molecule has 0 amide bonds. The zero-order valence-electron chi connectivity index (χ0n) is 12.4. The van der Waals surface area contributed by atoms with Gasteiger partial charge in [-0.25, -0.2) is 12.7 Å². The van der Waals surface area contributed by atoms with Gasteiger partial charge in [0.15, 0.2) is 0 Å². The number of hydrogen-bond donors (Lipinski definition) is 1. The monoisotopic (exact) mass is 301 g/mol. The summed E-state index contributed by atoms with van der Waals surface area (Å²) in [6, 6.07) is 0. The van der Waals surface area contributed by atoms with Gasteiger partial charge >= 0.3 is 0 Å². The minimum Gasteiger partial charge on any atom is -0.393 e. The van der Waals surface area contributed by atoms with E-state index in [1.807, 2.05) is 0 Å². The summed E-state index contributed by atoms with van der Waals surface area (Å²) >= 11 is 0. The fourth-order valence-electron chi connectivity index (χ4n) is 4.64. The van der Waals surface area contributed by atoms with Crippen LogP contribution in [0, 0.1) is 23.7 Å². The Labute approximate surface area is 122 Å². The van der Waals surface area contributed by atoms with Crippen molar-refractivity contribution in [3.05, 3.63) is 0 Å². The smallest absolute Gasteiger partial charge is 0.211 e. The molecule has 0 aromatic heterocycles. The zero-order valence-corrected chi connectivity index (χ0v) is 13.2. The number of aliphatic hydroxyl groups excluding tert-OH is 1. The minimum atomic E-state index is -3.07. The lowest BCUT2D eigenvalue weighted by Gasteiger charge is -2.32. The third-order valence-electron chi connectivity index (χ3n) is 5.69. The maximum Gasteiger partial charge on any atom is 0.211 e. The average molecular weight is 301 g/mol. The number of piperidine rings is 1.